The second-order valence-electron chi connectivity index (χ2n) is 7.78. The SMILES string of the molecule is CCCCCCCCC(CCCOCc1ccccc1)OC(=O)OCCCCC. The Balaban J connectivity index is 2.25. The van der Waals surface area contributed by atoms with Gasteiger partial charge in [-0.1, -0.05) is 89.1 Å². The summed E-state index contributed by atoms with van der Waals surface area (Å²) < 4.78 is 16.6. The van der Waals surface area contributed by atoms with E-state index in [1.807, 2.05) is 18.2 Å². The molecule has 0 radical (unpaired) electrons. The molecule has 0 N–H and O–H groups in total. The molecule has 29 heavy (non-hydrogen) atoms. The molecule has 0 aromatic heterocycles. The van der Waals surface area contributed by atoms with Crippen molar-refractivity contribution in [3.8, 4) is 0 Å². The third-order valence-corrected chi connectivity index (χ3v) is 5.04. The van der Waals surface area contributed by atoms with Crippen LogP contribution >= 0.6 is 0 Å². The van der Waals surface area contributed by atoms with Gasteiger partial charge in [0.15, 0.2) is 0 Å². The Morgan fingerprint density at radius 1 is 0.793 bits per heavy atom. The number of hydrogen-bond donors (Lipinski definition) is 0. The fraction of sp³-hybridized carbons (Fsp3) is 0.720. The van der Waals surface area contributed by atoms with Crippen LogP contribution in [0.25, 0.3) is 0 Å². The molecule has 1 atom stereocenters. The van der Waals surface area contributed by atoms with Crippen molar-refractivity contribution in [2.45, 2.75) is 104 Å². The minimum atomic E-state index is -0.512. The summed E-state index contributed by atoms with van der Waals surface area (Å²) in [5.74, 6) is 0. The summed E-state index contributed by atoms with van der Waals surface area (Å²) in [4.78, 5) is 12.0. The summed E-state index contributed by atoms with van der Waals surface area (Å²) in [5.41, 5.74) is 1.18. The predicted molar refractivity (Wildman–Crippen MR) is 119 cm³/mol. The Morgan fingerprint density at radius 3 is 2.21 bits per heavy atom. The molecule has 0 saturated carbocycles. The summed E-state index contributed by atoms with van der Waals surface area (Å²) in [6.45, 7) is 6.13. The van der Waals surface area contributed by atoms with Gasteiger partial charge in [-0.25, -0.2) is 4.79 Å². The average Bonchev–Trinajstić information content (AvgIpc) is 2.74. The van der Waals surface area contributed by atoms with Crippen molar-refractivity contribution in [1.82, 2.24) is 0 Å². The van der Waals surface area contributed by atoms with Crippen molar-refractivity contribution in [3.63, 3.8) is 0 Å². The van der Waals surface area contributed by atoms with E-state index in [4.69, 9.17) is 14.2 Å². The fourth-order valence-electron chi connectivity index (χ4n) is 3.27. The molecule has 4 nitrogen and oxygen atoms in total. The first kappa shape index (κ1) is 25.5. The first-order valence-electron chi connectivity index (χ1n) is 11.7. The van der Waals surface area contributed by atoms with E-state index in [-0.39, 0.29) is 6.10 Å². The zero-order valence-corrected chi connectivity index (χ0v) is 18.7. The normalized spacial score (nSPS) is 11.9. The topological polar surface area (TPSA) is 44.8 Å². The van der Waals surface area contributed by atoms with Crippen LogP contribution in [-0.2, 0) is 20.8 Å². The molecule has 0 aliphatic rings. The van der Waals surface area contributed by atoms with Gasteiger partial charge in [0.1, 0.15) is 6.10 Å². The van der Waals surface area contributed by atoms with Gasteiger partial charge in [0, 0.05) is 6.61 Å². The quantitative estimate of drug-likeness (QED) is 0.188. The highest BCUT2D eigenvalue weighted by atomic mass is 16.7. The lowest BCUT2D eigenvalue weighted by atomic mass is 10.0. The van der Waals surface area contributed by atoms with Gasteiger partial charge in [-0.2, -0.15) is 0 Å². The Bertz CT molecular complexity index is 489. The van der Waals surface area contributed by atoms with Gasteiger partial charge in [0.25, 0.3) is 0 Å². The first-order chi connectivity index (χ1) is 14.3. The van der Waals surface area contributed by atoms with Crippen molar-refractivity contribution in [2.24, 2.45) is 0 Å². The van der Waals surface area contributed by atoms with Crippen LogP contribution in [0.3, 0.4) is 0 Å². The summed E-state index contributed by atoms with van der Waals surface area (Å²) in [6, 6.07) is 10.2. The molecule has 166 valence electrons. The molecule has 0 bridgehead atoms. The van der Waals surface area contributed by atoms with Crippen LogP contribution in [0.5, 0.6) is 0 Å². The molecule has 0 fully saturated rings. The van der Waals surface area contributed by atoms with Gasteiger partial charge < -0.3 is 14.2 Å². The molecule has 0 aliphatic carbocycles. The lowest BCUT2D eigenvalue weighted by Crippen LogP contribution is -2.20. The Morgan fingerprint density at radius 2 is 1.45 bits per heavy atom. The highest BCUT2D eigenvalue weighted by Gasteiger charge is 2.15. The lowest BCUT2D eigenvalue weighted by molar-refractivity contribution is 0.0118. The molecule has 0 saturated heterocycles. The van der Waals surface area contributed by atoms with Crippen molar-refractivity contribution in [1.29, 1.82) is 0 Å². The number of rotatable bonds is 18. The third-order valence-electron chi connectivity index (χ3n) is 5.04. The zero-order chi connectivity index (χ0) is 21.0. The van der Waals surface area contributed by atoms with E-state index in [9.17, 15) is 4.79 Å². The van der Waals surface area contributed by atoms with E-state index in [1.165, 1.54) is 37.7 Å². The molecule has 1 aromatic carbocycles. The van der Waals surface area contributed by atoms with Crippen LogP contribution in [0.15, 0.2) is 30.3 Å². The number of benzene rings is 1. The number of ether oxygens (including phenoxy) is 3. The Hall–Kier alpha value is -1.55. The second-order valence-corrected chi connectivity index (χ2v) is 7.78. The van der Waals surface area contributed by atoms with E-state index in [0.717, 1.165) is 44.9 Å². The van der Waals surface area contributed by atoms with Gasteiger partial charge >= 0.3 is 6.16 Å². The van der Waals surface area contributed by atoms with Gasteiger partial charge in [-0.3, -0.25) is 0 Å². The summed E-state index contributed by atoms with van der Waals surface area (Å²) in [5, 5.41) is 0. The first-order valence-corrected chi connectivity index (χ1v) is 11.7. The van der Waals surface area contributed by atoms with E-state index in [0.29, 0.717) is 19.8 Å². The highest BCUT2D eigenvalue weighted by molar-refractivity contribution is 5.60. The van der Waals surface area contributed by atoms with E-state index in [2.05, 4.69) is 26.0 Å². The van der Waals surface area contributed by atoms with E-state index >= 15 is 0 Å². The van der Waals surface area contributed by atoms with Crippen LogP contribution < -0.4 is 0 Å². The summed E-state index contributed by atoms with van der Waals surface area (Å²) >= 11 is 0. The van der Waals surface area contributed by atoms with Crippen LogP contribution in [-0.4, -0.2) is 25.5 Å². The molecule has 0 amide bonds. The fourth-order valence-corrected chi connectivity index (χ4v) is 3.27. The number of hydrogen-bond acceptors (Lipinski definition) is 4. The molecule has 0 aliphatic heterocycles. The van der Waals surface area contributed by atoms with Crippen molar-refractivity contribution in [2.75, 3.05) is 13.2 Å². The van der Waals surface area contributed by atoms with Gasteiger partial charge in [-0.15, -0.1) is 0 Å². The standard InChI is InChI=1S/C25H42O4/c1-3-5-7-8-9-13-18-24(29-25(26)28-21-14-6-4-2)19-15-20-27-22-23-16-11-10-12-17-23/h10-12,16-17,24H,3-9,13-15,18-22H2,1-2H3. The number of unbranched alkanes of at least 4 members (excludes halogenated alkanes) is 7. The van der Waals surface area contributed by atoms with E-state index < -0.39 is 6.16 Å². The van der Waals surface area contributed by atoms with Crippen molar-refractivity contribution < 1.29 is 19.0 Å². The smallest absolute Gasteiger partial charge is 0.434 e. The minimum Gasteiger partial charge on any atom is -0.434 e. The van der Waals surface area contributed by atoms with Gasteiger partial charge in [0.2, 0.25) is 0 Å². The van der Waals surface area contributed by atoms with Crippen molar-refractivity contribution in [3.05, 3.63) is 35.9 Å². The second kappa shape index (κ2) is 18.5. The minimum absolute atomic E-state index is 0.0693. The predicted octanol–water partition coefficient (Wildman–Crippen LogP) is 7.45. The molecule has 1 aromatic rings. The average molecular weight is 407 g/mol. The molecular formula is C25H42O4. The van der Waals surface area contributed by atoms with Gasteiger partial charge in [0.05, 0.1) is 13.2 Å². The molecule has 1 rings (SSSR count). The number of carbonyl (C=O) groups excluding carboxylic acids is 1. The number of carbonyl (C=O) groups is 1. The molecule has 0 heterocycles. The van der Waals surface area contributed by atoms with E-state index in [1.54, 1.807) is 0 Å². The maximum atomic E-state index is 12.0. The van der Waals surface area contributed by atoms with Crippen LogP contribution in [0, 0.1) is 0 Å². The largest absolute Gasteiger partial charge is 0.508 e. The molecular weight excluding hydrogens is 364 g/mol. The Labute approximate surface area is 178 Å². The lowest BCUT2D eigenvalue weighted by Gasteiger charge is -2.18. The maximum absolute atomic E-state index is 12.0. The zero-order valence-electron chi connectivity index (χ0n) is 18.7. The maximum Gasteiger partial charge on any atom is 0.508 e. The summed E-state index contributed by atoms with van der Waals surface area (Å²) in [7, 11) is 0. The van der Waals surface area contributed by atoms with Crippen molar-refractivity contribution >= 4 is 6.16 Å². The van der Waals surface area contributed by atoms with Crippen LogP contribution in [0.2, 0.25) is 0 Å². The molecule has 0 spiro atoms. The summed E-state index contributed by atoms with van der Waals surface area (Å²) in [6.07, 6.45) is 12.6. The van der Waals surface area contributed by atoms with Crippen LogP contribution in [0.4, 0.5) is 4.79 Å². The van der Waals surface area contributed by atoms with Crippen LogP contribution in [0.1, 0.15) is 96.5 Å². The highest BCUT2D eigenvalue weighted by Crippen LogP contribution is 2.15. The Kier molecular flexibility index (Phi) is 16.2. The molecule has 4 heteroatoms. The third kappa shape index (κ3) is 15.0. The molecule has 1 unspecified atom stereocenters. The van der Waals surface area contributed by atoms with Gasteiger partial charge in [-0.05, 0) is 37.7 Å². The monoisotopic (exact) mass is 406 g/mol.